The number of terminal acetylenes is 1. The maximum absolute atomic E-state index is 5.17. The molecule has 0 fully saturated rings. The molecule has 80 valence electrons. The average molecular weight is 201 g/mol. The quantitative estimate of drug-likeness (QED) is 0.549. The predicted octanol–water partition coefficient (Wildman–Crippen LogP) is 3.46. The van der Waals surface area contributed by atoms with Crippen molar-refractivity contribution in [3.63, 3.8) is 0 Å². The molecule has 0 unspecified atom stereocenters. The molecule has 0 aromatic heterocycles. The highest BCUT2D eigenvalue weighted by atomic mass is 14.8. The van der Waals surface area contributed by atoms with Gasteiger partial charge in [-0.15, -0.1) is 6.42 Å². The molecular weight excluding hydrogens is 182 g/mol. The number of nitrogens with one attached hydrogen (secondary N) is 1. The Bertz CT molecular complexity index is 305. The van der Waals surface area contributed by atoms with Crippen molar-refractivity contribution in [3.8, 4) is 12.3 Å². The Balaban J connectivity index is 2.39. The summed E-state index contributed by atoms with van der Waals surface area (Å²) in [4.78, 5) is 0. The lowest BCUT2D eigenvalue weighted by molar-refractivity contribution is 0.717. The summed E-state index contributed by atoms with van der Waals surface area (Å²) in [5.74, 6) is 2.56. The zero-order valence-corrected chi connectivity index (χ0v) is 9.42. The molecule has 0 aliphatic rings. The summed E-state index contributed by atoms with van der Waals surface area (Å²) in [5.41, 5.74) is 2.52. The first-order chi connectivity index (χ1) is 7.36. The summed E-state index contributed by atoms with van der Waals surface area (Å²) in [6.45, 7) is 2.82. The van der Waals surface area contributed by atoms with E-state index in [1.807, 2.05) is 0 Å². The van der Waals surface area contributed by atoms with Gasteiger partial charge in [0.05, 0.1) is 6.54 Å². The van der Waals surface area contributed by atoms with Crippen molar-refractivity contribution < 1.29 is 0 Å². The smallest absolute Gasteiger partial charge is 0.0763 e. The maximum atomic E-state index is 5.17. The SMILES string of the molecule is C#CCNc1ccc(CCCCC)cc1. The lowest BCUT2D eigenvalue weighted by Crippen LogP contribution is -1.98. The molecule has 0 heterocycles. The molecule has 0 aliphatic carbocycles. The van der Waals surface area contributed by atoms with Crippen LogP contribution in [-0.2, 0) is 6.42 Å². The van der Waals surface area contributed by atoms with Crippen molar-refractivity contribution in [1.82, 2.24) is 0 Å². The molecule has 0 saturated carbocycles. The van der Waals surface area contributed by atoms with E-state index in [9.17, 15) is 0 Å². The van der Waals surface area contributed by atoms with Gasteiger partial charge in [-0.3, -0.25) is 0 Å². The monoisotopic (exact) mass is 201 g/mol. The lowest BCUT2D eigenvalue weighted by atomic mass is 10.1. The lowest BCUT2D eigenvalue weighted by Gasteiger charge is -2.04. The molecule has 15 heavy (non-hydrogen) atoms. The molecule has 1 nitrogen and oxygen atoms in total. The largest absolute Gasteiger partial charge is 0.374 e. The van der Waals surface area contributed by atoms with Crippen LogP contribution >= 0.6 is 0 Å². The number of benzene rings is 1. The van der Waals surface area contributed by atoms with Crippen molar-refractivity contribution >= 4 is 5.69 Å². The third-order valence-corrected chi connectivity index (χ3v) is 2.42. The topological polar surface area (TPSA) is 12.0 Å². The molecule has 1 rings (SSSR count). The highest BCUT2D eigenvalue weighted by Crippen LogP contribution is 2.11. The first-order valence-corrected chi connectivity index (χ1v) is 5.63. The molecule has 1 N–H and O–H groups in total. The van der Waals surface area contributed by atoms with Crippen LogP contribution in [-0.4, -0.2) is 6.54 Å². The van der Waals surface area contributed by atoms with E-state index in [1.54, 1.807) is 0 Å². The molecule has 0 aliphatic heterocycles. The highest BCUT2D eigenvalue weighted by molar-refractivity contribution is 5.45. The zero-order valence-electron chi connectivity index (χ0n) is 9.42. The van der Waals surface area contributed by atoms with Crippen LogP contribution in [0.25, 0.3) is 0 Å². The van der Waals surface area contributed by atoms with E-state index in [-0.39, 0.29) is 0 Å². The van der Waals surface area contributed by atoms with Gasteiger partial charge in [0.15, 0.2) is 0 Å². The Morgan fingerprint density at radius 1 is 1.20 bits per heavy atom. The van der Waals surface area contributed by atoms with E-state index in [4.69, 9.17) is 6.42 Å². The molecule has 0 spiro atoms. The van der Waals surface area contributed by atoms with E-state index < -0.39 is 0 Å². The molecule has 0 bridgehead atoms. The van der Waals surface area contributed by atoms with Crippen LogP contribution in [0.2, 0.25) is 0 Å². The fraction of sp³-hybridized carbons (Fsp3) is 0.429. The molecule has 0 amide bonds. The summed E-state index contributed by atoms with van der Waals surface area (Å²) in [6.07, 6.45) is 10.2. The Morgan fingerprint density at radius 3 is 2.53 bits per heavy atom. The van der Waals surface area contributed by atoms with Gasteiger partial charge < -0.3 is 5.32 Å². The van der Waals surface area contributed by atoms with E-state index in [0.29, 0.717) is 6.54 Å². The fourth-order valence-electron chi connectivity index (χ4n) is 1.52. The molecule has 1 heteroatoms. The Kier molecular flexibility index (Phi) is 5.40. The molecule has 1 aromatic carbocycles. The van der Waals surface area contributed by atoms with Crippen LogP contribution in [0.4, 0.5) is 5.69 Å². The van der Waals surface area contributed by atoms with Crippen LogP contribution in [0.15, 0.2) is 24.3 Å². The average Bonchev–Trinajstić information content (AvgIpc) is 2.28. The maximum Gasteiger partial charge on any atom is 0.0763 e. The van der Waals surface area contributed by atoms with Crippen molar-refractivity contribution in [2.45, 2.75) is 32.6 Å². The van der Waals surface area contributed by atoms with Crippen LogP contribution < -0.4 is 5.32 Å². The summed E-state index contributed by atoms with van der Waals surface area (Å²) in [7, 11) is 0. The summed E-state index contributed by atoms with van der Waals surface area (Å²) < 4.78 is 0. The molecule has 0 atom stereocenters. The van der Waals surface area contributed by atoms with Crippen LogP contribution in [0, 0.1) is 12.3 Å². The number of unbranched alkanes of at least 4 members (excludes halogenated alkanes) is 2. The standard InChI is InChI=1S/C14H19N/c1-3-5-6-7-13-8-10-14(11-9-13)15-12-4-2/h2,8-11,15H,3,5-7,12H2,1H3. The van der Waals surface area contributed by atoms with Gasteiger partial charge in [-0.1, -0.05) is 37.8 Å². The van der Waals surface area contributed by atoms with E-state index in [2.05, 4.69) is 42.4 Å². The van der Waals surface area contributed by atoms with Gasteiger partial charge in [0.1, 0.15) is 0 Å². The first-order valence-electron chi connectivity index (χ1n) is 5.63. The fourth-order valence-corrected chi connectivity index (χ4v) is 1.52. The molecular formula is C14H19N. The third-order valence-electron chi connectivity index (χ3n) is 2.42. The number of aryl methyl sites for hydroxylation is 1. The Labute approximate surface area is 92.9 Å². The summed E-state index contributed by atoms with van der Waals surface area (Å²) in [6, 6.07) is 8.54. The van der Waals surface area contributed by atoms with Gasteiger partial charge in [-0.25, -0.2) is 0 Å². The van der Waals surface area contributed by atoms with Crippen molar-refractivity contribution in [1.29, 1.82) is 0 Å². The van der Waals surface area contributed by atoms with E-state index in [0.717, 1.165) is 5.69 Å². The van der Waals surface area contributed by atoms with Crippen LogP contribution in [0.1, 0.15) is 31.7 Å². The van der Waals surface area contributed by atoms with Crippen LogP contribution in [0.5, 0.6) is 0 Å². The summed E-state index contributed by atoms with van der Waals surface area (Å²) >= 11 is 0. The third kappa shape index (κ3) is 4.56. The van der Waals surface area contributed by atoms with Gasteiger partial charge >= 0.3 is 0 Å². The van der Waals surface area contributed by atoms with E-state index in [1.165, 1.54) is 31.2 Å². The number of anilines is 1. The molecule has 1 aromatic rings. The number of rotatable bonds is 6. The second kappa shape index (κ2) is 6.95. The first kappa shape index (κ1) is 11.7. The number of hydrogen-bond donors (Lipinski definition) is 1. The highest BCUT2D eigenvalue weighted by Gasteiger charge is 1.93. The minimum absolute atomic E-state index is 0.592. The van der Waals surface area contributed by atoms with Crippen LogP contribution in [0.3, 0.4) is 0 Å². The van der Waals surface area contributed by atoms with Crippen molar-refractivity contribution in [2.24, 2.45) is 0 Å². The minimum atomic E-state index is 0.592. The Morgan fingerprint density at radius 2 is 1.93 bits per heavy atom. The van der Waals surface area contributed by atoms with Crippen molar-refractivity contribution in [2.75, 3.05) is 11.9 Å². The van der Waals surface area contributed by atoms with Gasteiger partial charge in [0.2, 0.25) is 0 Å². The second-order valence-electron chi connectivity index (χ2n) is 3.71. The number of hydrogen-bond acceptors (Lipinski definition) is 1. The predicted molar refractivity (Wildman–Crippen MR) is 67.0 cm³/mol. The molecule has 0 saturated heterocycles. The van der Waals surface area contributed by atoms with Gasteiger partial charge in [-0.05, 0) is 30.5 Å². The van der Waals surface area contributed by atoms with Gasteiger partial charge in [0, 0.05) is 5.69 Å². The summed E-state index contributed by atoms with van der Waals surface area (Å²) in [5, 5.41) is 3.15. The minimum Gasteiger partial charge on any atom is -0.374 e. The Hall–Kier alpha value is -1.42. The van der Waals surface area contributed by atoms with E-state index >= 15 is 0 Å². The van der Waals surface area contributed by atoms with Crippen molar-refractivity contribution in [3.05, 3.63) is 29.8 Å². The molecule has 0 radical (unpaired) electrons. The van der Waals surface area contributed by atoms with Gasteiger partial charge in [0.25, 0.3) is 0 Å². The second-order valence-corrected chi connectivity index (χ2v) is 3.71. The zero-order chi connectivity index (χ0) is 10.9. The van der Waals surface area contributed by atoms with Gasteiger partial charge in [-0.2, -0.15) is 0 Å². The normalized spacial score (nSPS) is 9.60.